The Kier molecular flexibility index (Phi) is 3.23. The molecule has 0 aliphatic rings. The summed E-state index contributed by atoms with van der Waals surface area (Å²) in [5.74, 6) is -2.32. The van der Waals surface area contributed by atoms with Crippen LogP contribution in [0, 0.1) is 13.8 Å². The zero-order chi connectivity index (χ0) is 14.0. The lowest BCUT2D eigenvalue weighted by Gasteiger charge is -2.03. The predicted octanol–water partition coefficient (Wildman–Crippen LogP) is 1.03. The van der Waals surface area contributed by atoms with Gasteiger partial charge in [-0.05, 0) is 19.9 Å². The Labute approximate surface area is 107 Å². The lowest BCUT2D eigenvalue weighted by Crippen LogP contribution is -2.17. The zero-order valence-electron chi connectivity index (χ0n) is 10.2. The highest BCUT2D eigenvalue weighted by Crippen LogP contribution is 2.12. The summed E-state index contributed by atoms with van der Waals surface area (Å²) in [7, 11) is 0. The summed E-state index contributed by atoms with van der Waals surface area (Å²) in [5.41, 5.74) is 1.03. The smallest absolute Gasteiger partial charge is 0.339 e. The molecule has 2 rings (SSSR count). The van der Waals surface area contributed by atoms with Gasteiger partial charge in [-0.25, -0.2) is 9.78 Å². The lowest BCUT2D eigenvalue weighted by atomic mass is 10.2. The van der Waals surface area contributed by atoms with Crippen molar-refractivity contribution in [2.75, 3.05) is 5.32 Å². The fourth-order valence-electron chi connectivity index (χ4n) is 1.32. The first-order valence-corrected chi connectivity index (χ1v) is 5.29. The molecule has 2 N–H and O–H groups in total. The second-order valence-corrected chi connectivity index (χ2v) is 3.73. The average Bonchev–Trinajstić information content (AvgIpc) is 2.83. The molecule has 2 heterocycles. The fraction of sp³-hybridized carbons (Fsp3) is 0.182. The summed E-state index contributed by atoms with van der Waals surface area (Å²) in [5, 5.41) is 18.7. The van der Waals surface area contributed by atoms with E-state index in [9.17, 15) is 9.59 Å². The Hall–Kier alpha value is -2.77. The highest BCUT2D eigenvalue weighted by Gasteiger charge is 2.21. The van der Waals surface area contributed by atoms with Crippen molar-refractivity contribution in [3.8, 4) is 0 Å². The van der Waals surface area contributed by atoms with Crippen LogP contribution in [-0.4, -0.2) is 32.2 Å². The molecule has 0 atom stereocenters. The minimum atomic E-state index is -1.25. The third-order valence-electron chi connectivity index (χ3n) is 2.42. The van der Waals surface area contributed by atoms with Crippen LogP contribution >= 0.6 is 0 Å². The molecule has 0 saturated heterocycles. The molecule has 1 amide bonds. The largest absolute Gasteiger partial charge is 0.478 e. The van der Waals surface area contributed by atoms with Gasteiger partial charge in [-0.2, -0.15) is 5.10 Å². The molecule has 0 aromatic carbocycles. The predicted molar refractivity (Wildman–Crippen MR) is 62.9 cm³/mol. The van der Waals surface area contributed by atoms with Crippen molar-refractivity contribution in [3.05, 3.63) is 35.0 Å². The summed E-state index contributed by atoms with van der Waals surface area (Å²) < 4.78 is 4.85. The first-order valence-electron chi connectivity index (χ1n) is 5.29. The standard InChI is InChI=1S/C11H10N4O4/c1-5-6(2)14-15-11(12-5)13-9(16)8-7(10(17)18)3-4-19-8/h3-4H,1-2H3,(H,17,18)(H,12,13,15,16). The molecule has 0 radical (unpaired) electrons. The number of aryl methyl sites for hydroxylation is 2. The highest BCUT2D eigenvalue weighted by molar-refractivity contribution is 6.08. The molecule has 2 aromatic rings. The molecule has 0 bridgehead atoms. The SMILES string of the molecule is Cc1nnc(NC(=O)c2occc2C(=O)O)nc1C. The van der Waals surface area contributed by atoms with Gasteiger partial charge in [-0.15, -0.1) is 5.10 Å². The third-order valence-corrected chi connectivity index (χ3v) is 2.42. The molecule has 0 saturated carbocycles. The number of nitrogens with zero attached hydrogens (tertiary/aromatic N) is 3. The number of carboxylic acid groups (broad SMARTS) is 1. The lowest BCUT2D eigenvalue weighted by molar-refractivity contribution is 0.0690. The Morgan fingerprint density at radius 1 is 1.26 bits per heavy atom. The Morgan fingerprint density at radius 3 is 2.63 bits per heavy atom. The van der Waals surface area contributed by atoms with Crippen molar-refractivity contribution in [1.29, 1.82) is 0 Å². The minimum absolute atomic E-state index is 0.0131. The van der Waals surface area contributed by atoms with Crippen molar-refractivity contribution < 1.29 is 19.1 Å². The summed E-state index contributed by atoms with van der Waals surface area (Å²) in [4.78, 5) is 26.7. The number of carbonyl (C=O) groups is 2. The van der Waals surface area contributed by atoms with E-state index < -0.39 is 11.9 Å². The Balaban J connectivity index is 2.23. The molecule has 0 unspecified atom stereocenters. The van der Waals surface area contributed by atoms with Gasteiger partial charge in [0, 0.05) is 0 Å². The van der Waals surface area contributed by atoms with Crippen LogP contribution < -0.4 is 5.32 Å². The maximum Gasteiger partial charge on any atom is 0.339 e. The van der Waals surface area contributed by atoms with Crippen molar-refractivity contribution in [1.82, 2.24) is 15.2 Å². The topological polar surface area (TPSA) is 118 Å². The van der Waals surface area contributed by atoms with Gasteiger partial charge in [0.2, 0.25) is 11.7 Å². The summed E-state index contributed by atoms with van der Waals surface area (Å²) in [6, 6.07) is 1.19. The number of aromatic nitrogens is 3. The second-order valence-electron chi connectivity index (χ2n) is 3.73. The van der Waals surface area contributed by atoms with E-state index in [1.54, 1.807) is 13.8 Å². The van der Waals surface area contributed by atoms with Crippen molar-refractivity contribution in [2.24, 2.45) is 0 Å². The van der Waals surface area contributed by atoms with E-state index in [0.29, 0.717) is 11.4 Å². The number of hydrogen-bond acceptors (Lipinski definition) is 6. The molecular weight excluding hydrogens is 252 g/mol. The molecule has 0 fully saturated rings. The first kappa shape index (κ1) is 12.7. The number of carboxylic acids is 1. The molecule has 19 heavy (non-hydrogen) atoms. The van der Waals surface area contributed by atoms with Crippen LogP contribution in [0.4, 0.5) is 5.95 Å². The maximum atomic E-state index is 11.8. The van der Waals surface area contributed by atoms with Crippen LogP contribution in [0.5, 0.6) is 0 Å². The van der Waals surface area contributed by atoms with Gasteiger partial charge >= 0.3 is 5.97 Å². The number of nitrogens with one attached hydrogen (secondary N) is 1. The summed E-state index contributed by atoms with van der Waals surface area (Å²) in [6.45, 7) is 3.45. The van der Waals surface area contributed by atoms with Crippen LogP contribution in [0.3, 0.4) is 0 Å². The molecule has 0 spiro atoms. The molecular formula is C11H10N4O4. The molecule has 0 aliphatic carbocycles. The fourth-order valence-corrected chi connectivity index (χ4v) is 1.32. The quantitative estimate of drug-likeness (QED) is 0.847. The van der Waals surface area contributed by atoms with Crippen LogP contribution in [0.15, 0.2) is 16.7 Å². The van der Waals surface area contributed by atoms with Gasteiger partial charge in [-0.3, -0.25) is 10.1 Å². The molecule has 8 heteroatoms. The van der Waals surface area contributed by atoms with E-state index in [1.165, 1.54) is 6.07 Å². The molecule has 2 aromatic heterocycles. The van der Waals surface area contributed by atoms with E-state index in [0.717, 1.165) is 6.26 Å². The van der Waals surface area contributed by atoms with E-state index in [1.807, 2.05) is 0 Å². The second kappa shape index (κ2) is 4.84. The van der Waals surface area contributed by atoms with E-state index in [4.69, 9.17) is 9.52 Å². The Morgan fingerprint density at radius 2 is 2.00 bits per heavy atom. The molecule has 0 aliphatic heterocycles. The van der Waals surface area contributed by atoms with Crippen molar-refractivity contribution >= 4 is 17.8 Å². The van der Waals surface area contributed by atoms with Crippen molar-refractivity contribution in [2.45, 2.75) is 13.8 Å². The maximum absolute atomic E-state index is 11.8. The molecule has 8 nitrogen and oxygen atoms in total. The van der Waals surface area contributed by atoms with Gasteiger partial charge in [-0.1, -0.05) is 0 Å². The minimum Gasteiger partial charge on any atom is -0.478 e. The van der Waals surface area contributed by atoms with Gasteiger partial charge in [0.15, 0.2) is 0 Å². The van der Waals surface area contributed by atoms with Crippen LogP contribution in [0.1, 0.15) is 32.3 Å². The van der Waals surface area contributed by atoms with Crippen LogP contribution in [0.25, 0.3) is 0 Å². The van der Waals surface area contributed by atoms with E-state index in [-0.39, 0.29) is 17.3 Å². The number of anilines is 1. The van der Waals surface area contributed by atoms with E-state index in [2.05, 4.69) is 20.5 Å². The number of hydrogen-bond donors (Lipinski definition) is 2. The van der Waals surface area contributed by atoms with Crippen LogP contribution in [-0.2, 0) is 0 Å². The summed E-state index contributed by atoms with van der Waals surface area (Å²) >= 11 is 0. The Bertz CT molecular complexity index is 650. The average molecular weight is 262 g/mol. The first-order chi connectivity index (χ1) is 8.99. The number of amides is 1. The zero-order valence-corrected chi connectivity index (χ0v) is 10.2. The number of aromatic carboxylic acids is 1. The summed E-state index contributed by atoms with van der Waals surface area (Å²) in [6.07, 6.45) is 1.12. The van der Waals surface area contributed by atoms with Gasteiger partial charge < -0.3 is 9.52 Å². The monoisotopic (exact) mass is 262 g/mol. The van der Waals surface area contributed by atoms with Gasteiger partial charge in [0.1, 0.15) is 5.56 Å². The number of rotatable bonds is 3. The van der Waals surface area contributed by atoms with E-state index >= 15 is 0 Å². The normalized spacial score (nSPS) is 10.2. The highest BCUT2D eigenvalue weighted by atomic mass is 16.4. The van der Waals surface area contributed by atoms with Gasteiger partial charge in [0.25, 0.3) is 5.91 Å². The number of carbonyl (C=O) groups excluding carboxylic acids is 1. The van der Waals surface area contributed by atoms with Crippen molar-refractivity contribution in [3.63, 3.8) is 0 Å². The molecule has 98 valence electrons. The third kappa shape index (κ3) is 2.57. The number of furan rings is 1. The van der Waals surface area contributed by atoms with Crippen LogP contribution in [0.2, 0.25) is 0 Å². The van der Waals surface area contributed by atoms with Gasteiger partial charge in [0.05, 0.1) is 17.7 Å².